The Kier molecular flexibility index (Phi) is 4.26. The minimum Gasteiger partial charge on any atom is -0.398 e. The van der Waals surface area contributed by atoms with Gasteiger partial charge in [0.25, 0.3) is 0 Å². The van der Waals surface area contributed by atoms with E-state index in [0.717, 1.165) is 5.56 Å². The lowest BCUT2D eigenvalue weighted by Gasteiger charge is -2.19. The number of anilines is 1. The van der Waals surface area contributed by atoms with Crippen molar-refractivity contribution in [1.82, 2.24) is 25.1 Å². The van der Waals surface area contributed by atoms with Gasteiger partial charge in [0.2, 0.25) is 5.91 Å². The molecule has 2 rings (SSSR count). The molecule has 20 heavy (non-hydrogen) atoms. The minimum absolute atomic E-state index is 0.104. The molecular formula is C12H17N7O. The highest BCUT2D eigenvalue weighted by molar-refractivity contribution is 5.75. The van der Waals surface area contributed by atoms with E-state index < -0.39 is 5.91 Å². The molecule has 0 spiro atoms. The van der Waals surface area contributed by atoms with Crippen LogP contribution in [0.1, 0.15) is 11.4 Å². The van der Waals surface area contributed by atoms with E-state index in [9.17, 15) is 4.79 Å². The molecule has 0 aliphatic rings. The zero-order chi connectivity index (χ0) is 14.5. The fourth-order valence-electron chi connectivity index (χ4n) is 1.89. The summed E-state index contributed by atoms with van der Waals surface area (Å²) in [5.41, 5.74) is 12.8. The topological polar surface area (TPSA) is 116 Å². The van der Waals surface area contributed by atoms with E-state index in [-0.39, 0.29) is 6.54 Å². The predicted octanol–water partition coefficient (Wildman–Crippen LogP) is -0.720. The summed E-state index contributed by atoms with van der Waals surface area (Å²) >= 11 is 0. The highest BCUT2D eigenvalue weighted by Crippen LogP contribution is 2.14. The van der Waals surface area contributed by atoms with E-state index in [0.29, 0.717) is 24.6 Å². The van der Waals surface area contributed by atoms with E-state index in [2.05, 4.69) is 15.4 Å². The van der Waals surface area contributed by atoms with Crippen LogP contribution in [0.25, 0.3) is 0 Å². The number of nitrogens with two attached hydrogens (primary N) is 2. The summed E-state index contributed by atoms with van der Waals surface area (Å²) in [4.78, 5) is 14.4. The quantitative estimate of drug-likeness (QED) is 0.672. The molecule has 1 amide bonds. The van der Waals surface area contributed by atoms with Crippen molar-refractivity contribution in [2.75, 3.05) is 12.3 Å². The molecule has 8 nitrogen and oxygen atoms in total. The van der Waals surface area contributed by atoms with Gasteiger partial charge < -0.3 is 11.5 Å². The van der Waals surface area contributed by atoms with Gasteiger partial charge in [-0.1, -0.05) is 18.2 Å². The Labute approximate surface area is 116 Å². The maximum absolute atomic E-state index is 11.2. The van der Waals surface area contributed by atoms with Crippen molar-refractivity contribution in [1.29, 1.82) is 0 Å². The number of nitrogens with zero attached hydrogens (tertiary/aromatic N) is 5. The zero-order valence-corrected chi connectivity index (χ0v) is 11.2. The first-order chi connectivity index (χ1) is 9.54. The Bertz CT molecular complexity index is 595. The lowest BCUT2D eigenvalue weighted by Crippen LogP contribution is -2.33. The molecule has 106 valence electrons. The first kappa shape index (κ1) is 13.9. The molecule has 0 saturated carbocycles. The van der Waals surface area contributed by atoms with Gasteiger partial charge in [-0.25, -0.2) is 0 Å². The van der Waals surface area contributed by atoms with Gasteiger partial charge in [0, 0.05) is 12.2 Å². The third-order valence-electron chi connectivity index (χ3n) is 2.74. The second-order valence-corrected chi connectivity index (χ2v) is 4.51. The molecule has 0 aliphatic heterocycles. The number of primary amides is 1. The van der Waals surface area contributed by atoms with Crippen molar-refractivity contribution in [2.24, 2.45) is 12.8 Å². The Morgan fingerprint density at radius 1 is 1.35 bits per heavy atom. The summed E-state index contributed by atoms with van der Waals surface area (Å²) in [7, 11) is 1.68. The molecule has 0 bridgehead atoms. The summed E-state index contributed by atoms with van der Waals surface area (Å²) < 4.78 is 0. The van der Waals surface area contributed by atoms with Gasteiger partial charge in [0.1, 0.15) is 0 Å². The summed E-state index contributed by atoms with van der Waals surface area (Å²) in [5, 5.41) is 11.8. The fraction of sp³-hybridized carbons (Fsp3) is 0.333. The molecule has 8 heteroatoms. The summed E-state index contributed by atoms with van der Waals surface area (Å²) in [6.07, 6.45) is 0. The average Bonchev–Trinajstić information content (AvgIpc) is 2.77. The van der Waals surface area contributed by atoms with Crippen LogP contribution in [-0.2, 0) is 24.9 Å². The van der Waals surface area contributed by atoms with E-state index >= 15 is 0 Å². The van der Waals surface area contributed by atoms with Gasteiger partial charge in [-0.15, -0.1) is 10.2 Å². The highest BCUT2D eigenvalue weighted by atomic mass is 16.1. The Morgan fingerprint density at radius 3 is 2.70 bits per heavy atom. The molecule has 0 saturated heterocycles. The van der Waals surface area contributed by atoms with E-state index in [1.54, 1.807) is 7.05 Å². The summed E-state index contributed by atoms with van der Waals surface area (Å²) in [6.45, 7) is 0.978. The van der Waals surface area contributed by atoms with Crippen LogP contribution >= 0.6 is 0 Å². The number of rotatable bonds is 6. The number of hydrogen-bond acceptors (Lipinski definition) is 6. The van der Waals surface area contributed by atoms with Crippen LogP contribution in [0, 0.1) is 0 Å². The average molecular weight is 275 g/mol. The molecule has 0 unspecified atom stereocenters. The molecule has 0 aliphatic carbocycles. The molecule has 0 radical (unpaired) electrons. The fourth-order valence-corrected chi connectivity index (χ4v) is 1.89. The Morgan fingerprint density at radius 2 is 2.10 bits per heavy atom. The molecule has 1 aromatic carbocycles. The van der Waals surface area contributed by atoms with E-state index in [1.165, 1.54) is 4.80 Å². The Balaban J connectivity index is 2.11. The largest absolute Gasteiger partial charge is 0.398 e. The number of carbonyl (C=O) groups is 1. The maximum atomic E-state index is 11.2. The van der Waals surface area contributed by atoms with Crippen molar-refractivity contribution in [2.45, 2.75) is 13.1 Å². The molecule has 0 fully saturated rings. The maximum Gasteiger partial charge on any atom is 0.231 e. The number of aromatic nitrogens is 4. The van der Waals surface area contributed by atoms with Crippen molar-refractivity contribution >= 4 is 11.6 Å². The number of para-hydroxylation sites is 1. The van der Waals surface area contributed by atoms with E-state index in [1.807, 2.05) is 29.2 Å². The van der Waals surface area contributed by atoms with E-state index in [4.69, 9.17) is 11.5 Å². The van der Waals surface area contributed by atoms with Crippen LogP contribution in [-0.4, -0.2) is 37.6 Å². The van der Waals surface area contributed by atoms with Crippen LogP contribution in [0.3, 0.4) is 0 Å². The third kappa shape index (κ3) is 3.75. The molecule has 2 aromatic rings. The van der Waals surface area contributed by atoms with Crippen molar-refractivity contribution in [3.05, 3.63) is 35.7 Å². The van der Waals surface area contributed by atoms with Gasteiger partial charge in [-0.2, -0.15) is 4.80 Å². The Hall–Kier alpha value is -2.48. The lowest BCUT2D eigenvalue weighted by atomic mass is 10.1. The van der Waals surface area contributed by atoms with Crippen molar-refractivity contribution in [3.8, 4) is 0 Å². The smallest absolute Gasteiger partial charge is 0.231 e. The predicted molar refractivity (Wildman–Crippen MR) is 73.0 cm³/mol. The second-order valence-electron chi connectivity index (χ2n) is 4.51. The molecular weight excluding hydrogens is 258 g/mol. The van der Waals surface area contributed by atoms with Gasteiger partial charge in [-0.05, 0) is 16.8 Å². The minimum atomic E-state index is -0.414. The lowest BCUT2D eigenvalue weighted by molar-refractivity contribution is -0.119. The zero-order valence-electron chi connectivity index (χ0n) is 11.2. The van der Waals surface area contributed by atoms with Gasteiger partial charge in [-0.3, -0.25) is 9.69 Å². The number of amides is 1. The van der Waals surface area contributed by atoms with Crippen LogP contribution < -0.4 is 11.5 Å². The van der Waals surface area contributed by atoms with Gasteiger partial charge >= 0.3 is 0 Å². The van der Waals surface area contributed by atoms with Crippen molar-refractivity contribution in [3.63, 3.8) is 0 Å². The van der Waals surface area contributed by atoms with Gasteiger partial charge in [0.05, 0.1) is 20.1 Å². The standard InChI is InChI=1S/C12H17N7O/c1-18-16-12(15-17-18)8-19(7-11(14)20)6-9-4-2-3-5-10(9)13/h2-5H,6-8,13H2,1H3,(H2,14,20). The second kappa shape index (κ2) is 6.11. The third-order valence-corrected chi connectivity index (χ3v) is 2.74. The molecule has 1 aromatic heterocycles. The summed E-state index contributed by atoms with van der Waals surface area (Å²) in [6, 6.07) is 7.49. The van der Waals surface area contributed by atoms with Crippen LogP contribution in [0.15, 0.2) is 24.3 Å². The van der Waals surface area contributed by atoms with Gasteiger partial charge in [0.15, 0.2) is 5.82 Å². The normalized spacial score (nSPS) is 10.9. The molecule has 1 heterocycles. The number of nitrogen functional groups attached to an aromatic ring is 1. The number of benzene rings is 1. The number of hydrogen-bond donors (Lipinski definition) is 2. The van der Waals surface area contributed by atoms with Crippen LogP contribution in [0.2, 0.25) is 0 Å². The molecule has 4 N–H and O–H groups in total. The molecule has 0 atom stereocenters. The van der Waals surface area contributed by atoms with Crippen molar-refractivity contribution < 1.29 is 4.79 Å². The number of tetrazole rings is 1. The van der Waals surface area contributed by atoms with Crippen LogP contribution in [0.5, 0.6) is 0 Å². The number of aryl methyl sites for hydroxylation is 1. The first-order valence-corrected chi connectivity index (χ1v) is 6.11. The SMILES string of the molecule is Cn1nnc(CN(CC(N)=O)Cc2ccccc2N)n1. The van der Waals surface area contributed by atoms with Crippen LogP contribution in [0.4, 0.5) is 5.69 Å². The summed E-state index contributed by atoms with van der Waals surface area (Å²) in [5.74, 6) is 0.117. The highest BCUT2D eigenvalue weighted by Gasteiger charge is 2.14. The number of carbonyl (C=O) groups excluding carboxylic acids is 1. The first-order valence-electron chi connectivity index (χ1n) is 6.11. The monoisotopic (exact) mass is 275 g/mol.